The van der Waals surface area contributed by atoms with E-state index in [1.54, 1.807) is 0 Å². The van der Waals surface area contributed by atoms with Gasteiger partial charge in [0.05, 0.1) is 17.9 Å². The number of aromatic nitrogens is 4. The van der Waals surface area contributed by atoms with Gasteiger partial charge in [-0.25, -0.2) is 10.1 Å². The lowest BCUT2D eigenvalue weighted by Gasteiger charge is -2.35. The van der Waals surface area contributed by atoms with Crippen molar-refractivity contribution in [2.45, 2.75) is 44.6 Å². The van der Waals surface area contributed by atoms with Crippen LogP contribution in [-0.2, 0) is 0 Å². The fourth-order valence-electron chi connectivity index (χ4n) is 5.01. The van der Waals surface area contributed by atoms with Gasteiger partial charge < -0.3 is 20.1 Å². The van der Waals surface area contributed by atoms with Crippen molar-refractivity contribution in [1.82, 2.24) is 25.1 Å². The largest absolute Gasteiger partial charge is 0.492 e. The summed E-state index contributed by atoms with van der Waals surface area (Å²) in [6, 6.07) is 9.83. The van der Waals surface area contributed by atoms with Crippen molar-refractivity contribution in [2.75, 3.05) is 49.5 Å². The Bertz CT molecular complexity index is 1330. The number of ether oxygens (including phenoxy) is 1. The van der Waals surface area contributed by atoms with Gasteiger partial charge in [-0.15, -0.1) is 0 Å². The van der Waals surface area contributed by atoms with Crippen molar-refractivity contribution in [2.24, 2.45) is 5.92 Å². The van der Waals surface area contributed by atoms with Crippen LogP contribution in [-0.4, -0.2) is 75.1 Å². The number of nitrogens with one attached hydrogen (secondary N) is 2. The molecule has 2 saturated heterocycles. The summed E-state index contributed by atoms with van der Waals surface area (Å²) in [6.45, 7) is 6.56. The Kier molecular flexibility index (Phi) is 7.72. The number of aliphatic hydroxyl groups is 1. The molecule has 2 aromatic heterocycles. The molecule has 0 unspecified atom stereocenters. The van der Waals surface area contributed by atoms with E-state index in [1.165, 1.54) is 6.20 Å². The van der Waals surface area contributed by atoms with E-state index < -0.39 is 5.60 Å². The smallest absolute Gasteiger partial charge is 0.277 e. The number of benzene rings is 1. The van der Waals surface area contributed by atoms with Crippen molar-refractivity contribution < 1.29 is 9.84 Å². The van der Waals surface area contributed by atoms with Crippen LogP contribution in [0.15, 0.2) is 35.3 Å². The summed E-state index contributed by atoms with van der Waals surface area (Å²) in [4.78, 5) is 26.4. The van der Waals surface area contributed by atoms with Gasteiger partial charge in [0.25, 0.3) is 5.56 Å². The normalized spacial score (nSPS) is 18.3. The van der Waals surface area contributed by atoms with Gasteiger partial charge in [0.15, 0.2) is 0 Å². The van der Waals surface area contributed by atoms with E-state index in [1.807, 2.05) is 31.2 Å². The van der Waals surface area contributed by atoms with E-state index >= 15 is 0 Å². The average Bonchev–Trinajstić information content (AvgIpc) is 2.91. The quantitative estimate of drug-likeness (QED) is 0.407. The molecule has 4 heterocycles. The number of nitriles is 1. The van der Waals surface area contributed by atoms with Crippen molar-refractivity contribution in [3.8, 4) is 11.8 Å². The molecule has 3 N–H and O–H groups in total. The number of fused-ring (bicyclic) bond motifs is 1. The summed E-state index contributed by atoms with van der Waals surface area (Å²) in [7, 11) is 0. The molecule has 0 aliphatic carbocycles. The first-order valence-corrected chi connectivity index (χ1v) is 13.2. The molecule has 0 saturated carbocycles. The third-order valence-corrected chi connectivity index (χ3v) is 7.51. The molecule has 0 bridgehead atoms. The number of likely N-dealkylation sites (tertiary alicyclic amines) is 1. The zero-order valence-corrected chi connectivity index (χ0v) is 21.7. The molecule has 38 heavy (non-hydrogen) atoms. The van der Waals surface area contributed by atoms with E-state index in [4.69, 9.17) is 15.0 Å². The highest BCUT2D eigenvalue weighted by Crippen LogP contribution is 2.28. The highest BCUT2D eigenvalue weighted by molar-refractivity contribution is 5.90. The number of rotatable bonds is 8. The number of aromatic amines is 1. The molecule has 11 nitrogen and oxygen atoms in total. The van der Waals surface area contributed by atoms with Crippen LogP contribution in [0.25, 0.3) is 10.9 Å². The SMILES string of the molecule is CC1(O)CCN(CCOc2ccc(Nc3nc(N4CCC(CC#N)CC4)nc4cn[nH]c(=O)c34)cc2)CC1. The monoisotopic (exact) mass is 518 g/mol. The van der Waals surface area contributed by atoms with Crippen molar-refractivity contribution in [3.05, 3.63) is 40.8 Å². The Balaban J connectivity index is 1.25. The molecule has 0 spiro atoms. The zero-order chi connectivity index (χ0) is 26.5. The second-order valence-corrected chi connectivity index (χ2v) is 10.5. The zero-order valence-electron chi connectivity index (χ0n) is 21.7. The predicted octanol–water partition coefficient (Wildman–Crippen LogP) is 2.81. The molecule has 2 fully saturated rings. The Labute approximate surface area is 221 Å². The number of hydrogen-bond donors (Lipinski definition) is 3. The van der Waals surface area contributed by atoms with Crippen molar-refractivity contribution in [3.63, 3.8) is 0 Å². The molecule has 5 rings (SSSR count). The lowest BCUT2D eigenvalue weighted by Crippen LogP contribution is -2.43. The lowest BCUT2D eigenvalue weighted by atomic mass is 9.94. The average molecular weight is 519 g/mol. The summed E-state index contributed by atoms with van der Waals surface area (Å²) in [5.41, 5.74) is 0.334. The van der Waals surface area contributed by atoms with Gasteiger partial charge in [-0.2, -0.15) is 15.3 Å². The first-order valence-electron chi connectivity index (χ1n) is 13.2. The van der Waals surface area contributed by atoms with Gasteiger partial charge in [-0.1, -0.05) is 0 Å². The van der Waals surface area contributed by atoms with E-state index in [2.05, 4.69) is 36.4 Å². The van der Waals surface area contributed by atoms with Gasteiger partial charge in [-0.3, -0.25) is 9.69 Å². The number of hydrogen-bond acceptors (Lipinski definition) is 10. The Morgan fingerprint density at radius 3 is 2.63 bits per heavy atom. The predicted molar refractivity (Wildman–Crippen MR) is 145 cm³/mol. The topological polar surface area (TPSA) is 143 Å². The van der Waals surface area contributed by atoms with Crippen LogP contribution >= 0.6 is 0 Å². The van der Waals surface area contributed by atoms with E-state index in [0.717, 1.165) is 69.8 Å². The molecular weight excluding hydrogens is 484 g/mol. The fraction of sp³-hybridized carbons (Fsp3) is 0.519. The second kappa shape index (κ2) is 11.3. The molecule has 11 heteroatoms. The van der Waals surface area contributed by atoms with Crippen LogP contribution in [0.5, 0.6) is 5.75 Å². The maximum absolute atomic E-state index is 12.6. The summed E-state index contributed by atoms with van der Waals surface area (Å²) >= 11 is 0. The molecule has 200 valence electrons. The standard InChI is InChI=1S/C27H34N8O3/c1-27(37)9-14-34(15-10-27)16-17-38-21-4-2-20(3-5-21)30-24-23-22(18-29-33-25(23)36)31-26(32-24)35-12-7-19(6-11-28)8-13-35/h2-5,18-19,37H,6-10,12-17H2,1H3,(H,33,36)(H,30,31,32). The Morgan fingerprint density at radius 2 is 1.92 bits per heavy atom. The third-order valence-electron chi connectivity index (χ3n) is 7.51. The van der Waals surface area contributed by atoms with E-state index in [0.29, 0.717) is 41.6 Å². The summed E-state index contributed by atoms with van der Waals surface area (Å²) in [5, 5.41) is 29.1. The van der Waals surface area contributed by atoms with E-state index in [-0.39, 0.29) is 5.56 Å². The number of piperidine rings is 2. The highest BCUT2D eigenvalue weighted by atomic mass is 16.5. The van der Waals surface area contributed by atoms with Gasteiger partial charge >= 0.3 is 0 Å². The third kappa shape index (κ3) is 6.20. The molecule has 3 aromatic rings. The van der Waals surface area contributed by atoms with Gasteiger partial charge in [-0.05, 0) is 62.8 Å². The highest BCUT2D eigenvalue weighted by Gasteiger charge is 2.27. The Morgan fingerprint density at radius 1 is 1.18 bits per heavy atom. The van der Waals surface area contributed by atoms with Crippen LogP contribution in [0.1, 0.15) is 39.0 Å². The first kappa shape index (κ1) is 25.9. The van der Waals surface area contributed by atoms with Gasteiger partial charge in [0, 0.05) is 44.8 Å². The molecular formula is C27H34N8O3. The minimum absolute atomic E-state index is 0.351. The maximum atomic E-state index is 12.6. The molecule has 0 amide bonds. The van der Waals surface area contributed by atoms with Crippen LogP contribution in [0.3, 0.4) is 0 Å². The first-order chi connectivity index (χ1) is 18.4. The fourth-order valence-corrected chi connectivity index (χ4v) is 5.01. The van der Waals surface area contributed by atoms with Crippen LogP contribution in [0.4, 0.5) is 17.5 Å². The van der Waals surface area contributed by atoms with Crippen LogP contribution in [0, 0.1) is 17.2 Å². The molecule has 0 atom stereocenters. The lowest BCUT2D eigenvalue weighted by molar-refractivity contribution is -0.00768. The van der Waals surface area contributed by atoms with E-state index in [9.17, 15) is 9.90 Å². The summed E-state index contributed by atoms with van der Waals surface area (Å²) < 4.78 is 5.93. The van der Waals surface area contributed by atoms with Crippen LogP contribution < -0.4 is 20.5 Å². The minimum atomic E-state index is -0.549. The van der Waals surface area contributed by atoms with Gasteiger partial charge in [0.2, 0.25) is 5.95 Å². The molecule has 0 radical (unpaired) electrons. The number of anilines is 3. The maximum Gasteiger partial charge on any atom is 0.277 e. The second-order valence-electron chi connectivity index (χ2n) is 10.5. The summed E-state index contributed by atoms with van der Waals surface area (Å²) in [5.74, 6) is 2.12. The molecule has 1 aromatic carbocycles. The van der Waals surface area contributed by atoms with Crippen LogP contribution in [0.2, 0.25) is 0 Å². The minimum Gasteiger partial charge on any atom is -0.492 e. The van der Waals surface area contributed by atoms with Crippen molar-refractivity contribution >= 4 is 28.4 Å². The molecule has 2 aliphatic rings. The van der Waals surface area contributed by atoms with Gasteiger partial charge in [0.1, 0.15) is 29.1 Å². The summed E-state index contributed by atoms with van der Waals surface area (Å²) in [6.07, 6.45) is 5.49. The Hall–Kier alpha value is -3.75. The molecule has 2 aliphatic heterocycles. The number of H-pyrrole nitrogens is 1. The van der Waals surface area contributed by atoms with Crippen molar-refractivity contribution in [1.29, 1.82) is 5.26 Å². The number of nitrogens with zero attached hydrogens (tertiary/aromatic N) is 6.